The predicted octanol–water partition coefficient (Wildman–Crippen LogP) is 4.67. The van der Waals surface area contributed by atoms with E-state index < -0.39 is 0 Å². The molecule has 0 spiro atoms. The van der Waals surface area contributed by atoms with E-state index in [1.165, 1.54) is 19.2 Å². The monoisotopic (exact) mass is 559 g/mol. The van der Waals surface area contributed by atoms with E-state index in [4.69, 9.17) is 10.5 Å². The first-order valence-electron chi connectivity index (χ1n) is 8.60. The minimum atomic E-state index is 0.146. The summed E-state index contributed by atoms with van der Waals surface area (Å²) in [6.07, 6.45) is 4.11. The Labute approximate surface area is 186 Å². The van der Waals surface area contributed by atoms with Gasteiger partial charge in [-0.1, -0.05) is 26.7 Å². The van der Waals surface area contributed by atoms with Gasteiger partial charge >= 0.3 is 161 Å². The number of nitrogen functional groups attached to an aromatic ring is 1. The van der Waals surface area contributed by atoms with Crippen molar-refractivity contribution in [1.29, 1.82) is 0 Å². The molecule has 2 heterocycles. The molecule has 0 aliphatic carbocycles. The molecule has 6 nitrogen and oxygen atoms in total. The van der Waals surface area contributed by atoms with Crippen molar-refractivity contribution in [2.75, 3.05) is 12.8 Å². The van der Waals surface area contributed by atoms with E-state index in [1.807, 2.05) is 22.8 Å². The molecule has 0 bridgehead atoms. The van der Waals surface area contributed by atoms with Crippen LogP contribution in [0.5, 0.6) is 5.75 Å². The fourth-order valence-corrected chi connectivity index (χ4v) is 4.41. The number of methoxy groups -OCH3 is 1. The average molecular weight is 559 g/mol. The molecule has 3 rings (SSSR count). The van der Waals surface area contributed by atoms with Crippen molar-refractivity contribution in [3.63, 3.8) is 0 Å². The molecule has 9 heteroatoms. The van der Waals surface area contributed by atoms with Crippen LogP contribution >= 0.6 is 34.4 Å². The Morgan fingerprint density at radius 3 is 2.59 bits per heavy atom. The van der Waals surface area contributed by atoms with Crippen LogP contribution in [0.15, 0.2) is 34.6 Å². The number of hydrogen-bond donors (Lipinski definition) is 1. The number of halogens is 1. The number of fused-ring (bicyclic) bond motifs is 1. The summed E-state index contributed by atoms with van der Waals surface area (Å²) in [5, 5.41) is 0.825. The average Bonchev–Trinajstić information content (AvgIpc) is 3.03. The Morgan fingerprint density at radius 1 is 1.30 bits per heavy atom. The first-order valence-corrected chi connectivity index (χ1v) is 11.6. The van der Waals surface area contributed by atoms with E-state index in [0.717, 1.165) is 25.0 Å². The molecule has 0 saturated carbocycles. The molecule has 2 aromatic heterocycles. The molecule has 0 fully saturated rings. The molecule has 144 valence electrons. The van der Waals surface area contributed by atoms with Crippen molar-refractivity contribution in [3.8, 4) is 5.75 Å². The number of nitrogens with zero attached hydrogens (tertiary/aromatic N) is 4. The predicted molar refractivity (Wildman–Crippen MR) is 121 cm³/mol. The standard InChI is InChI=1S/C14H13AsIN5OS.C4H10/c1-7(15)21-13-11(12(17)18-6-19-13)20-14(21)23-10-5-8(22-2)3-4-9(10)16;1-3-4-2/h3-7H,1-2H3,(H2,17,18,19);3-4H2,1-2H3. The van der Waals surface area contributed by atoms with E-state index in [9.17, 15) is 0 Å². The van der Waals surface area contributed by atoms with Gasteiger partial charge in [-0.05, 0) is 0 Å². The maximum absolute atomic E-state index is 5.94. The van der Waals surface area contributed by atoms with Crippen molar-refractivity contribution in [2.24, 2.45) is 0 Å². The topological polar surface area (TPSA) is 78.8 Å². The second kappa shape index (κ2) is 10.5. The molecule has 2 radical (unpaired) electrons. The Bertz CT molecular complexity index is 901. The first kappa shape index (κ1) is 22.3. The third kappa shape index (κ3) is 5.51. The number of nitrogens with two attached hydrogens (primary N) is 1. The number of rotatable bonds is 5. The third-order valence-corrected chi connectivity index (χ3v) is 6.51. The number of anilines is 1. The second-order valence-corrected chi connectivity index (χ2v) is 9.47. The quantitative estimate of drug-likeness (QED) is 0.362. The number of unbranched alkanes of at least 4 members (excludes halogenated alkanes) is 1. The second-order valence-electron chi connectivity index (χ2n) is 5.73. The van der Waals surface area contributed by atoms with E-state index in [0.29, 0.717) is 11.3 Å². The van der Waals surface area contributed by atoms with Crippen molar-refractivity contribution in [1.82, 2.24) is 19.5 Å². The summed E-state index contributed by atoms with van der Waals surface area (Å²) in [5.74, 6) is 1.21. The van der Waals surface area contributed by atoms with Gasteiger partial charge in [-0.2, -0.15) is 0 Å². The van der Waals surface area contributed by atoms with Crippen LogP contribution in [-0.4, -0.2) is 43.5 Å². The van der Waals surface area contributed by atoms with Gasteiger partial charge in [0.1, 0.15) is 0 Å². The van der Waals surface area contributed by atoms with Crippen LogP contribution in [-0.2, 0) is 0 Å². The van der Waals surface area contributed by atoms with E-state index in [-0.39, 0.29) is 4.83 Å². The fourth-order valence-electron chi connectivity index (χ4n) is 2.10. The van der Waals surface area contributed by atoms with E-state index in [2.05, 4.69) is 75.2 Å². The number of benzene rings is 1. The van der Waals surface area contributed by atoms with Crippen LogP contribution < -0.4 is 10.5 Å². The maximum atomic E-state index is 5.94. The van der Waals surface area contributed by atoms with Gasteiger partial charge in [0, 0.05) is 0 Å². The van der Waals surface area contributed by atoms with Gasteiger partial charge in [-0.3, -0.25) is 0 Å². The molecule has 0 aliphatic heterocycles. The summed E-state index contributed by atoms with van der Waals surface area (Å²) >= 11 is 6.47. The van der Waals surface area contributed by atoms with Crippen LogP contribution in [0.3, 0.4) is 0 Å². The Balaban J connectivity index is 0.000000596. The molecule has 0 saturated heterocycles. The van der Waals surface area contributed by atoms with Gasteiger partial charge in [0.05, 0.1) is 0 Å². The van der Waals surface area contributed by atoms with Crippen molar-refractivity contribution in [2.45, 2.75) is 48.5 Å². The fraction of sp³-hybridized carbons (Fsp3) is 0.389. The molecule has 0 aliphatic rings. The van der Waals surface area contributed by atoms with Gasteiger partial charge < -0.3 is 0 Å². The normalized spacial score (nSPS) is 11.8. The van der Waals surface area contributed by atoms with Gasteiger partial charge in [-0.15, -0.1) is 0 Å². The summed E-state index contributed by atoms with van der Waals surface area (Å²) in [4.78, 5) is 14.2. The van der Waals surface area contributed by atoms with Crippen LogP contribution in [0.1, 0.15) is 38.4 Å². The molecular weight excluding hydrogens is 536 g/mol. The summed E-state index contributed by atoms with van der Waals surface area (Å²) < 4.78 is 8.49. The SMILES string of the molecule is CCCC.COc1ccc(I)c(Sc2nc3c(N)ncnc3n2C(C)[As])c1. The first-order chi connectivity index (χ1) is 12.9. The number of aromatic nitrogens is 4. The molecular formula is C18H23AsIN5OS. The van der Waals surface area contributed by atoms with Gasteiger partial charge in [-0.25, -0.2) is 0 Å². The Hall–Kier alpha value is -0.992. The summed E-state index contributed by atoms with van der Waals surface area (Å²) in [6, 6.07) is 5.96. The van der Waals surface area contributed by atoms with Crippen LogP contribution in [0.2, 0.25) is 0 Å². The van der Waals surface area contributed by atoms with Crippen LogP contribution in [0.25, 0.3) is 11.2 Å². The van der Waals surface area contributed by atoms with Gasteiger partial charge in [0.2, 0.25) is 0 Å². The van der Waals surface area contributed by atoms with Gasteiger partial charge in [0.15, 0.2) is 0 Å². The Kier molecular flexibility index (Phi) is 8.69. The molecule has 2 N–H and O–H groups in total. The molecule has 1 aromatic carbocycles. The summed E-state index contributed by atoms with van der Waals surface area (Å²) in [7, 11) is 1.66. The third-order valence-electron chi connectivity index (χ3n) is 3.69. The number of hydrogen-bond acceptors (Lipinski definition) is 6. The molecule has 1 atom stereocenters. The van der Waals surface area contributed by atoms with Crippen LogP contribution in [0.4, 0.5) is 5.82 Å². The van der Waals surface area contributed by atoms with Crippen molar-refractivity contribution >= 4 is 68.2 Å². The van der Waals surface area contributed by atoms with E-state index in [1.54, 1.807) is 18.9 Å². The summed E-state index contributed by atoms with van der Waals surface area (Å²) in [6.45, 7) is 6.43. The zero-order valence-electron chi connectivity index (χ0n) is 15.8. The molecule has 1 unspecified atom stereocenters. The number of imidazole rings is 1. The minimum absolute atomic E-state index is 0.146. The summed E-state index contributed by atoms with van der Waals surface area (Å²) in [5.41, 5.74) is 7.32. The molecule has 0 amide bonds. The molecule has 3 aromatic rings. The van der Waals surface area contributed by atoms with Crippen molar-refractivity contribution < 1.29 is 4.74 Å². The van der Waals surface area contributed by atoms with Crippen molar-refractivity contribution in [3.05, 3.63) is 28.1 Å². The van der Waals surface area contributed by atoms with Crippen LogP contribution in [0, 0.1) is 3.57 Å². The van der Waals surface area contributed by atoms with Gasteiger partial charge in [0.25, 0.3) is 0 Å². The Morgan fingerprint density at radius 2 is 2.00 bits per heavy atom. The molecule has 27 heavy (non-hydrogen) atoms. The number of ether oxygens (including phenoxy) is 1. The van der Waals surface area contributed by atoms with E-state index >= 15 is 0 Å². The zero-order chi connectivity index (χ0) is 20.0. The zero-order valence-corrected chi connectivity index (χ0v) is 20.7.